The van der Waals surface area contributed by atoms with Gasteiger partial charge in [0.15, 0.2) is 0 Å². The minimum absolute atomic E-state index is 0.0488. The molecule has 0 bridgehead atoms. The van der Waals surface area contributed by atoms with E-state index in [-0.39, 0.29) is 5.56 Å². The monoisotopic (exact) mass is 180 g/mol. The first-order chi connectivity index (χ1) is 6.22. The number of rotatable bonds is 4. The van der Waals surface area contributed by atoms with E-state index in [1.165, 1.54) is 0 Å². The standard InChI is InChI=1S/C10H16N2O/c1-3-8(2)11-6-9-4-5-10(13)12-7-9/h4-5,7-8,11H,3,6H2,1-2H3,(H,12,13). The average Bonchev–Trinajstić information content (AvgIpc) is 2.16. The molecule has 3 heteroatoms. The SMILES string of the molecule is CCC(C)NCc1ccc(=O)[nH]c1. The fourth-order valence-corrected chi connectivity index (χ4v) is 0.989. The van der Waals surface area contributed by atoms with E-state index in [1.54, 1.807) is 12.3 Å². The molecule has 0 aliphatic heterocycles. The van der Waals surface area contributed by atoms with Gasteiger partial charge in [-0.2, -0.15) is 0 Å². The summed E-state index contributed by atoms with van der Waals surface area (Å²) in [6, 6.07) is 3.91. The minimum atomic E-state index is -0.0488. The van der Waals surface area contributed by atoms with Gasteiger partial charge in [0.2, 0.25) is 5.56 Å². The minimum Gasteiger partial charge on any atom is -0.329 e. The van der Waals surface area contributed by atoms with Gasteiger partial charge in [-0.05, 0) is 18.9 Å². The van der Waals surface area contributed by atoms with Gasteiger partial charge in [-0.25, -0.2) is 0 Å². The van der Waals surface area contributed by atoms with Crippen molar-refractivity contribution in [3.8, 4) is 0 Å². The van der Waals surface area contributed by atoms with E-state index in [2.05, 4.69) is 24.1 Å². The maximum absolute atomic E-state index is 10.7. The normalized spacial score (nSPS) is 12.8. The smallest absolute Gasteiger partial charge is 0.247 e. The number of nitrogens with one attached hydrogen (secondary N) is 2. The van der Waals surface area contributed by atoms with E-state index in [0.717, 1.165) is 18.5 Å². The quantitative estimate of drug-likeness (QED) is 0.732. The molecule has 0 aliphatic carbocycles. The first kappa shape index (κ1) is 9.99. The molecule has 0 aromatic carbocycles. The molecule has 0 saturated heterocycles. The number of pyridine rings is 1. The summed E-state index contributed by atoms with van der Waals surface area (Å²) in [6.45, 7) is 5.10. The molecule has 1 aromatic rings. The Morgan fingerprint density at radius 2 is 2.31 bits per heavy atom. The molecule has 0 aliphatic rings. The number of hydrogen-bond donors (Lipinski definition) is 2. The van der Waals surface area contributed by atoms with E-state index in [1.807, 2.05) is 6.07 Å². The van der Waals surface area contributed by atoms with Crippen LogP contribution in [0.4, 0.5) is 0 Å². The Labute approximate surface area is 78.2 Å². The fraction of sp³-hybridized carbons (Fsp3) is 0.500. The summed E-state index contributed by atoms with van der Waals surface area (Å²) in [4.78, 5) is 13.4. The van der Waals surface area contributed by atoms with Crippen LogP contribution >= 0.6 is 0 Å². The van der Waals surface area contributed by atoms with Crippen LogP contribution in [0.25, 0.3) is 0 Å². The number of H-pyrrole nitrogens is 1. The predicted molar refractivity (Wildman–Crippen MR) is 53.7 cm³/mol. The number of aromatic nitrogens is 1. The van der Waals surface area contributed by atoms with Crippen molar-refractivity contribution in [2.24, 2.45) is 0 Å². The van der Waals surface area contributed by atoms with Gasteiger partial charge in [-0.3, -0.25) is 4.79 Å². The Hall–Kier alpha value is -1.09. The molecule has 1 atom stereocenters. The van der Waals surface area contributed by atoms with Crippen LogP contribution < -0.4 is 10.9 Å². The van der Waals surface area contributed by atoms with Crippen LogP contribution in [0.15, 0.2) is 23.1 Å². The van der Waals surface area contributed by atoms with Gasteiger partial charge in [-0.15, -0.1) is 0 Å². The van der Waals surface area contributed by atoms with Crippen molar-refractivity contribution < 1.29 is 0 Å². The van der Waals surface area contributed by atoms with Crippen LogP contribution in [0.2, 0.25) is 0 Å². The summed E-state index contributed by atoms with van der Waals surface area (Å²) in [5.41, 5.74) is 1.06. The highest BCUT2D eigenvalue weighted by Gasteiger charge is 1.97. The summed E-state index contributed by atoms with van der Waals surface area (Å²) in [7, 11) is 0. The fourth-order valence-electron chi connectivity index (χ4n) is 0.989. The zero-order chi connectivity index (χ0) is 9.68. The van der Waals surface area contributed by atoms with E-state index >= 15 is 0 Å². The van der Waals surface area contributed by atoms with Crippen LogP contribution in [0, 0.1) is 0 Å². The lowest BCUT2D eigenvalue weighted by Gasteiger charge is -2.10. The summed E-state index contributed by atoms with van der Waals surface area (Å²) in [6.07, 6.45) is 2.86. The highest BCUT2D eigenvalue weighted by Crippen LogP contribution is 1.95. The average molecular weight is 180 g/mol. The molecule has 0 spiro atoms. The first-order valence-electron chi connectivity index (χ1n) is 4.63. The summed E-state index contributed by atoms with van der Waals surface area (Å²) < 4.78 is 0. The second-order valence-corrected chi connectivity index (χ2v) is 3.25. The first-order valence-corrected chi connectivity index (χ1v) is 4.63. The third-order valence-electron chi connectivity index (χ3n) is 2.12. The van der Waals surface area contributed by atoms with Crippen LogP contribution in [0.5, 0.6) is 0 Å². The third-order valence-corrected chi connectivity index (χ3v) is 2.12. The Bertz CT molecular complexity index is 286. The third kappa shape index (κ3) is 3.42. The van der Waals surface area contributed by atoms with Crippen molar-refractivity contribution in [3.05, 3.63) is 34.2 Å². The predicted octanol–water partition coefficient (Wildman–Crippen LogP) is 1.26. The molecule has 13 heavy (non-hydrogen) atoms. The lowest BCUT2D eigenvalue weighted by atomic mass is 10.2. The second kappa shape index (κ2) is 4.82. The van der Waals surface area contributed by atoms with Gasteiger partial charge >= 0.3 is 0 Å². The molecule has 0 saturated carbocycles. The number of hydrogen-bond acceptors (Lipinski definition) is 2. The summed E-state index contributed by atoms with van der Waals surface area (Å²) in [5.74, 6) is 0. The topological polar surface area (TPSA) is 44.9 Å². The van der Waals surface area contributed by atoms with E-state index < -0.39 is 0 Å². The Morgan fingerprint density at radius 1 is 1.54 bits per heavy atom. The lowest BCUT2D eigenvalue weighted by molar-refractivity contribution is 0.533. The second-order valence-electron chi connectivity index (χ2n) is 3.25. The van der Waals surface area contributed by atoms with Gasteiger partial charge in [0.05, 0.1) is 0 Å². The maximum Gasteiger partial charge on any atom is 0.247 e. The van der Waals surface area contributed by atoms with E-state index in [9.17, 15) is 4.79 Å². The molecule has 3 nitrogen and oxygen atoms in total. The summed E-state index contributed by atoms with van der Waals surface area (Å²) >= 11 is 0. The highest BCUT2D eigenvalue weighted by atomic mass is 16.1. The van der Waals surface area contributed by atoms with Crippen molar-refractivity contribution in [3.63, 3.8) is 0 Å². The van der Waals surface area contributed by atoms with Crippen LogP contribution in [-0.4, -0.2) is 11.0 Å². The van der Waals surface area contributed by atoms with Crippen LogP contribution in [-0.2, 0) is 6.54 Å². The molecule has 2 N–H and O–H groups in total. The Balaban J connectivity index is 2.46. The van der Waals surface area contributed by atoms with Gasteiger partial charge in [-0.1, -0.05) is 13.0 Å². The van der Waals surface area contributed by atoms with Crippen molar-refractivity contribution in [1.29, 1.82) is 0 Å². The Morgan fingerprint density at radius 3 is 2.85 bits per heavy atom. The Kier molecular flexibility index (Phi) is 3.71. The maximum atomic E-state index is 10.7. The molecule has 1 heterocycles. The molecular formula is C10H16N2O. The van der Waals surface area contributed by atoms with E-state index in [0.29, 0.717) is 6.04 Å². The lowest BCUT2D eigenvalue weighted by Crippen LogP contribution is -2.24. The summed E-state index contributed by atoms with van der Waals surface area (Å²) in [5, 5.41) is 3.35. The van der Waals surface area contributed by atoms with Crippen molar-refractivity contribution in [2.45, 2.75) is 32.9 Å². The van der Waals surface area contributed by atoms with Crippen molar-refractivity contribution >= 4 is 0 Å². The molecule has 0 amide bonds. The largest absolute Gasteiger partial charge is 0.329 e. The van der Waals surface area contributed by atoms with Crippen molar-refractivity contribution in [1.82, 2.24) is 10.3 Å². The van der Waals surface area contributed by atoms with Gasteiger partial charge in [0.25, 0.3) is 0 Å². The van der Waals surface area contributed by atoms with Crippen LogP contribution in [0.1, 0.15) is 25.8 Å². The molecule has 1 aromatic heterocycles. The van der Waals surface area contributed by atoms with Crippen LogP contribution in [0.3, 0.4) is 0 Å². The van der Waals surface area contributed by atoms with E-state index in [4.69, 9.17) is 0 Å². The number of aromatic amines is 1. The van der Waals surface area contributed by atoms with Gasteiger partial charge in [0.1, 0.15) is 0 Å². The van der Waals surface area contributed by atoms with Gasteiger partial charge in [0, 0.05) is 24.8 Å². The molecule has 1 rings (SSSR count). The molecule has 1 unspecified atom stereocenters. The molecule has 0 radical (unpaired) electrons. The molecule has 72 valence electrons. The molecule has 0 fully saturated rings. The zero-order valence-corrected chi connectivity index (χ0v) is 8.13. The van der Waals surface area contributed by atoms with Crippen molar-refractivity contribution in [2.75, 3.05) is 0 Å². The van der Waals surface area contributed by atoms with Gasteiger partial charge < -0.3 is 10.3 Å². The highest BCUT2D eigenvalue weighted by molar-refractivity contribution is 5.08. The zero-order valence-electron chi connectivity index (χ0n) is 8.13. The molecular weight excluding hydrogens is 164 g/mol.